The maximum absolute atomic E-state index is 9.63. The largest absolute Gasteiger partial charge is 0.291 e. The van der Waals surface area contributed by atoms with Gasteiger partial charge >= 0.3 is 0 Å². The molecule has 0 heterocycles. The molecule has 1 aliphatic carbocycles. The van der Waals surface area contributed by atoms with Gasteiger partial charge in [0, 0.05) is 11.8 Å². The lowest BCUT2D eigenvalue weighted by molar-refractivity contribution is 0.537. The van der Waals surface area contributed by atoms with E-state index in [1.54, 1.807) is 12.6 Å². The normalized spacial score (nSPS) is 37.1. The van der Waals surface area contributed by atoms with Gasteiger partial charge in [-0.25, -0.2) is 0 Å². The summed E-state index contributed by atoms with van der Waals surface area (Å²) in [7, 11) is 0. The van der Waals surface area contributed by atoms with Crippen LogP contribution in [0.25, 0.3) is 0 Å². The van der Waals surface area contributed by atoms with Gasteiger partial charge in [0.2, 0.25) is 12.6 Å². The molecule has 0 N–H and O–H groups in total. The molecule has 1 rings (SSSR count). The molecule has 0 bridgehead atoms. The van der Waals surface area contributed by atoms with E-state index in [0.29, 0.717) is 6.42 Å². The Morgan fingerprint density at radius 1 is 1.14 bits per heavy atom. The summed E-state index contributed by atoms with van der Waals surface area (Å²) >= 11 is 0. The highest BCUT2D eigenvalue weighted by Crippen LogP contribution is 2.33. The summed E-state index contributed by atoms with van der Waals surface area (Å²) in [5.41, 5.74) is 0. The molecular formula is C5H4O2. The van der Waals surface area contributed by atoms with Crippen LogP contribution in [0.4, 0.5) is 0 Å². The van der Waals surface area contributed by atoms with Crippen molar-refractivity contribution in [2.24, 2.45) is 11.8 Å². The Morgan fingerprint density at radius 3 is 1.71 bits per heavy atom. The SMILES string of the molecule is O=[C]C1CC1[C]=O. The first kappa shape index (κ1) is 4.50. The van der Waals surface area contributed by atoms with Crippen molar-refractivity contribution in [1.82, 2.24) is 0 Å². The Hall–Kier alpha value is -0.660. The van der Waals surface area contributed by atoms with Gasteiger partial charge in [-0.1, -0.05) is 0 Å². The van der Waals surface area contributed by atoms with Crippen LogP contribution >= 0.6 is 0 Å². The van der Waals surface area contributed by atoms with Crippen molar-refractivity contribution in [3.8, 4) is 0 Å². The van der Waals surface area contributed by atoms with Crippen molar-refractivity contribution < 1.29 is 9.59 Å². The molecule has 36 valence electrons. The average Bonchev–Trinajstić information content (AvgIpc) is 2.43. The predicted molar refractivity (Wildman–Crippen MR) is 23.0 cm³/mol. The standard InChI is InChI=1S/C5H4O2/c6-2-4-1-5(4)3-7/h4-5H,1H2. The van der Waals surface area contributed by atoms with Gasteiger partial charge < -0.3 is 0 Å². The summed E-state index contributed by atoms with van der Waals surface area (Å²) in [6.45, 7) is 0. The molecule has 7 heavy (non-hydrogen) atoms. The second-order valence-electron chi connectivity index (χ2n) is 1.68. The van der Waals surface area contributed by atoms with Crippen LogP contribution in [-0.2, 0) is 9.59 Å². The Labute approximate surface area is 41.5 Å². The molecule has 1 saturated carbocycles. The molecule has 0 aromatic rings. The first-order valence-electron chi connectivity index (χ1n) is 2.14. The summed E-state index contributed by atoms with van der Waals surface area (Å²) in [6.07, 6.45) is 4.13. The molecule has 0 amide bonds. The number of hydrogen-bond acceptors (Lipinski definition) is 2. The molecule has 2 nitrogen and oxygen atoms in total. The van der Waals surface area contributed by atoms with E-state index in [1.165, 1.54) is 0 Å². The minimum atomic E-state index is -0.113. The highest BCUT2D eigenvalue weighted by molar-refractivity contribution is 5.71. The van der Waals surface area contributed by atoms with Crippen LogP contribution in [-0.4, -0.2) is 12.6 Å². The molecule has 0 spiro atoms. The van der Waals surface area contributed by atoms with Crippen LogP contribution in [0.15, 0.2) is 0 Å². The lowest BCUT2D eigenvalue weighted by atomic mass is 10.4. The molecular weight excluding hydrogens is 92.1 g/mol. The zero-order valence-electron chi connectivity index (χ0n) is 3.68. The molecule has 2 heteroatoms. The summed E-state index contributed by atoms with van der Waals surface area (Å²) in [5, 5.41) is 0. The van der Waals surface area contributed by atoms with Gasteiger partial charge in [0.25, 0.3) is 0 Å². The van der Waals surface area contributed by atoms with Gasteiger partial charge in [0.05, 0.1) is 0 Å². The van der Waals surface area contributed by atoms with Gasteiger partial charge in [0.1, 0.15) is 0 Å². The lowest BCUT2D eigenvalue weighted by Crippen LogP contribution is -1.81. The van der Waals surface area contributed by atoms with Crippen molar-refractivity contribution >= 4 is 12.6 Å². The Bertz CT molecular complexity index is 86.3. The van der Waals surface area contributed by atoms with Crippen LogP contribution in [0.2, 0.25) is 0 Å². The van der Waals surface area contributed by atoms with E-state index in [4.69, 9.17) is 0 Å². The molecule has 0 aromatic heterocycles. The van der Waals surface area contributed by atoms with Crippen LogP contribution in [0, 0.1) is 11.8 Å². The summed E-state index contributed by atoms with van der Waals surface area (Å²) in [5.74, 6) is -0.227. The first-order chi connectivity index (χ1) is 3.38. The topological polar surface area (TPSA) is 34.1 Å². The lowest BCUT2D eigenvalue weighted by Gasteiger charge is -1.64. The van der Waals surface area contributed by atoms with Gasteiger partial charge in [-0.2, -0.15) is 0 Å². The fraction of sp³-hybridized carbons (Fsp3) is 0.600. The monoisotopic (exact) mass is 96.0 g/mol. The zero-order valence-corrected chi connectivity index (χ0v) is 3.68. The Morgan fingerprint density at radius 2 is 1.57 bits per heavy atom. The minimum Gasteiger partial charge on any atom is -0.291 e. The molecule has 1 aliphatic rings. The van der Waals surface area contributed by atoms with E-state index in [2.05, 4.69) is 0 Å². The number of hydrogen-bond donors (Lipinski definition) is 0. The Balaban J connectivity index is 2.30. The van der Waals surface area contributed by atoms with E-state index in [1.807, 2.05) is 0 Å². The van der Waals surface area contributed by atoms with Gasteiger partial charge in [0.15, 0.2) is 0 Å². The van der Waals surface area contributed by atoms with Crippen molar-refractivity contribution in [3.63, 3.8) is 0 Å². The van der Waals surface area contributed by atoms with Crippen molar-refractivity contribution in [2.75, 3.05) is 0 Å². The molecule has 0 aliphatic heterocycles. The van der Waals surface area contributed by atoms with E-state index < -0.39 is 0 Å². The fourth-order valence-corrected chi connectivity index (χ4v) is 0.455. The summed E-state index contributed by atoms with van der Waals surface area (Å²) in [6, 6.07) is 0. The maximum atomic E-state index is 9.63. The van der Waals surface area contributed by atoms with Crippen LogP contribution < -0.4 is 0 Å². The second kappa shape index (κ2) is 1.45. The smallest absolute Gasteiger partial charge is 0.202 e. The van der Waals surface area contributed by atoms with Crippen LogP contribution in [0.1, 0.15) is 6.42 Å². The van der Waals surface area contributed by atoms with Crippen molar-refractivity contribution in [3.05, 3.63) is 0 Å². The van der Waals surface area contributed by atoms with Crippen LogP contribution in [0.3, 0.4) is 0 Å². The summed E-state index contributed by atoms with van der Waals surface area (Å²) < 4.78 is 0. The molecule has 0 aromatic carbocycles. The zero-order chi connectivity index (χ0) is 5.28. The van der Waals surface area contributed by atoms with E-state index in [-0.39, 0.29) is 11.8 Å². The van der Waals surface area contributed by atoms with E-state index in [9.17, 15) is 9.59 Å². The third-order valence-electron chi connectivity index (χ3n) is 1.09. The molecule has 2 atom stereocenters. The highest BCUT2D eigenvalue weighted by Gasteiger charge is 2.37. The highest BCUT2D eigenvalue weighted by atomic mass is 16.1. The molecule has 0 saturated heterocycles. The quantitative estimate of drug-likeness (QED) is 0.478. The molecule has 2 unspecified atom stereocenters. The maximum Gasteiger partial charge on any atom is 0.202 e. The van der Waals surface area contributed by atoms with E-state index in [0.717, 1.165) is 0 Å². The first-order valence-corrected chi connectivity index (χ1v) is 2.14. The summed E-state index contributed by atoms with van der Waals surface area (Å²) in [4.78, 5) is 19.3. The third-order valence-corrected chi connectivity index (χ3v) is 1.09. The average molecular weight is 96.1 g/mol. The van der Waals surface area contributed by atoms with Crippen LogP contribution in [0.5, 0.6) is 0 Å². The third kappa shape index (κ3) is 0.683. The molecule has 1 fully saturated rings. The Kier molecular flexibility index (Phi) is 0.929. The van der Waals surface area contributed by atoms with E-state index >= 15 is 0 Å². The fourth-order valence-electron chi connectivity index (χ4n) is 0.455. The predicted octanol–water partition coefficient (Wildman–Crippen LogP) is -0.158. The molecule has 2 radical (unpaired) electrons. The van der Waals surface area contributed by atoms with Gasteiger partial charge in [-0.3, -0.25) is 9.59 Å². The second-order valence-corrected chi connectivity index (χ2v) is 1.68. The minimum absolute atomic E-state index is 0.113. The van der Waals surface area contributed by atoms with Gasteiger partial charge in [-0.15, -0.1) is 0 Å². The number of rotatable bonds is 2. The van der Waals surface area contributed by atoms with Crippen molar-refractivity contribution in [2.45, 2.75) is 6.42 Å². The van der Waals surface area contributed by atoms with Crippen molar-refractivity contribution in [1.29, 1.82) is 0 Å². The van der Waals surface area contributed by atoms with Gasteiger partial charge in [-0.05, 0) is 6.42 Å². The number of carbonyl (C=O) groups excluding carboxylic acids is 2.